The van der Waals surface area contributed by atoms with Crippen LogP contribution in [0, 0.1) is 0 Å². The van der Waals surface area contributed by atoms with Gasteiger partial charge in [-0.2, -0.15) is 0 Å². The summed E-state index contributed by atoms with van der Waals surface area (Å²) in [5, 5.41) is 1.01. The number of hydrogen-bond acceptors (Lipinski definition) is 6. The summed E-state index contributed by atoms with van der Waals surface area (Å²) in [4.78, 5) is 11.7. The zero-order valence-corrected chi connectivity index (χ0v) is 19.5. The van der Waals surface area contributed by atoms with Crippen molar-refractivity contribution in [1.82, 2.24) is 9.97 Å². The minimum atomic E-state index is -0.102. The van der Waals surface area contributed by atoms with Crippen LogP contribution in [0.2, 0.25) is 10.2 Å². The van der Waals surface area contributed by atoms with E-state index in [-0.39, 0.29) is 12.1 Å². The second kappa shape index (κ2) is 10.6. The summed E-state index contributed by atoms with van der Waals surface area (Å²) >= 11 is 13.1. The number of rotatable bonds is 9. The van der Waals surface area contributed by atoms with E-state index in [1.165, 1.54) is 0 Å². The van der Waals surface area contributed by atoms with E-state index in [0.717, 1.165) is 29.3 Å². The molecular formula is C22H29Cl2N3O3. The Kier molecular flexibility index (Phi) is 8.17. The number of ether oxygens (including phenoxy) is 3. The minimum Gasteiger partial charge on any atom is -0.497 e. The van der Waals surface area contributed by atoms with E-state index in [4.69, 9.17) is 42.4 Å². The van der Waals surface area contributed by atoms with E-state index in [0.29, 0.717) is 48.6 Å². The Morgan fingerprint density at radius 1 is 1.10 bits per heavy atom. The van der Waals surface area contributed by atoms with Crippen LogP contribution in [0.5, 0.6) is 5.75 Å². The third-order valence-corrected chi connectivity index (χ3v) is 5.76. The number of aryl methyl sites for hydroxylation is 2. The van der Waals surface area contributed by atoms with E-state index in [9.17, 15) is 0 Å². The number of methoxy groups -OCH3 is 1. The highest BCUT2D eigenvalue weighted by molar-refractivity contribution is 6.33. The zero-order valence-electron chi connectivity index (χ0n) is 18.0. The topological polar surface area (TPSA) is 56.7 Å². The van der Waals surface area contributed by atoms with E-state index in [1.54, 1.807) is 13.2 Å². The lowest BCUT2D eigenvalue weighted by molar-refractivity contribution is 0.0380. The fourth-order valence-corrected chi connectivity index (χ4v) is 4.12. The molecule has 6 nitrogen and oxygen atoms in total. The Balaban J connectivity index is 2.16. The molecule has 3 rings (SSSR count). The Morgan fingerprint density at radius 2 is 1.87 bits per heavy atom. The van der Waals surface area contributed by atoms with Crippen molar-refractivity contribution < 1.29 is 14.2 Å². The fourth-order valence-electron chi connectivity index (χ4n) is 3.58. The normalized spacial score (nSPS) is 18.6. The SMILES string of the molecule is CCCO[C@@H]1COC[C@@H]1N(c1ccc(OC)cc1Cl)c1nc(CC)c(Cl)nc1CC. The van der Waals surface area contributed by atoms with Crippen molar-refractivity contribution in [2.24, 2.45) is 0 Å². The molecule has 1 aromatic heterocycles. The molecule has 0 amide bonds. The number of hydrogen-bond donors (Lipinski definition) is 0. The summed E-state index contributed by atoms with van der Waals surface area (Å²) in [6, 6.07) is 5.55. The summed E-state index contributed by atoms with van der Waals surface area (Å²) in [6.45, 7) is 7.85. The largest absolute Gasteiger partial charge is 0.497 e. The molecule has 2 atom stereocenters. The number of halogens is 2. The van der Waals surface area contributed by atoms with E-state index in [2.05, 4.69) is 16.8 Å². The molecule has 1 aliphatic heterocycles. The highest BCUT2D eigenvalue weighted by atomic mass is 35.5. The Bertz CT molecular complexity index is 866. The predicted molar refractivity (Wildman–Crippen MR) is 121 cm³/mol. The monoisotopic (exact) mass is 453 g/mol. The maximum Gasteiger partial charge on any atom is 0.155 e. The van der Waals surface area contributed by atoms with Gasteiger partial charge in [0, 0.05) is 12.7 Å². The van der Waals surface area contributed by atoms with Crippen LogP contribution in [0.25, 0.3) is 0 Å². The summed E-state index contributed by atoms with van der Waals surface area (Å²) in [6.07, 6.45) is 2.21. The van der Waals surface area contributed by atoms with Crippen LogP contribution in [0.3, 0.4) is 0 Å². The van der Waals surface area contributed by atoms with Crippen molar-refractivity contribution in [3.8, 4) is 5.75 Å². The maximum atomic E-state index is 6.71. The van der Waals surface area contributed by atoms with Crippen LogP contribution in [-0.4, -0.2) is 49.0 Å². The van der Waals surface area contributed by atoms with Crippen LogP contribution in [-0.2, 0) is 22.3 Å². The first-order valence-electron chi connectivity index (χ1n) is 10.4. The van der Waals surface area contributed by atoms with Crippen LogP contribution in [0.4, 0.5) is 11.5 Å². The molecule has 2 heterocycles. The number of nitrogens with zero attached hydrogens (tertiary/aromatic N) is 3. The van der Waals surface area contributed by atoms with Crippen molar-refractivity contribution in [3.63, 3.8) is 0 Å². The lowest BCUT2D eigenvalue weighted by Crippen LogP contribution is -2.43. The summed E-state index contributed by atoms with van der Waals surface area (Å²) in [7, 11) is 1.62. The van der Waals surface area contributed by atoms with Gasteiger partial charge in [0.2, 0.25) is 0 Å². The standard InChI is InChI=1S/C22H29Cl2N3O3/c1-5-10-30-20-13-29-12-19(20)27(18-9-8-14(28-4)11-15(18)23)22-17(7-3)25-21(24)16(6-2)26-22/h8-9,11,19-20H,5-7,10,12-13H2,1-4H3/t19-,20+/m0/s1. The molecular weight excluding hydrogens is 425 g/mol. The van der Waals surface area contributed by atoms with Crippen molar-refractivity contribution in [3.05, 3.63) is 39.8 Å². The van der Waals surface area contributed by atoms with Gasteiger partial charge in [-0.3, -0.25) is 0 Å². The fraction of sp³-hybridized carbons (Fsp3) is 0.545. The Morgan fingerprint density at radius 3 is 2.50 bits per heavy atom. The van der Waals surface area contributed by atoms with E-state index in [1.807, 2.05) is 26.0 Å². The van der Waals surface area contributed by atoms with Crippen molar-refractivity contribution in [2.75, 3.05) is 31.8 Å². The summed E-state index contributed by atoms with van der Waals surface area (Å²) in [5.41, 5.74) is 2.38. The molecule has 1 aromatic carbocycles. The van der Waals surface area contributed by atoms with Gasteiger partial charge in [-0.05, 0) is 31.4 Å². The summed E-state index contributed by atoms with van der Waals surface area (Å²) < 4.78 is 17.3. The van der Waals surface area contributed by atoms with Crippen molar-refractivity contribution in [1.29, 1.82) is 0 Å². The molecule has 1 saturated heterocycles. The van der Waals surface area contributed by atoms with Gasteiger partial charge in [-0.1, -0.05) is 44.0 Å². The average molecular weight is 454 g/mol. The highest BCUT2D eigenvalue weighted by Crippen LogP contribution is 2.39. The molecule has 0 bridgehead atoms. The van der Waals surface area contributed by atoms with E-state index < -0.39 is 0 Å². The predicted octanol–water partition coefficient (Wildman–Crippen LogP) is 5.25. The first-order valence-corrected chi connectivity index (χ1v) is 11.2. The number of anilines is 2. The molecule has 0 saturated carbocycles. The molecule has 1 fully saturated rings. The van der Waals surface area contributed by atoms with Gasteiger partial charge in [-0.15, -0.1) is 0 Å². The maximum absolute atomic E-state index is 6.71. The first kappa shape index (κ1) is 23.1. The van der Waals surface area contributed by atoms with E-state index >= 15 is 0 Å². The van der Waals surface area contributed by atoms with Gasteiger partial charge in [0.1, 0.15) is 11.9 Å². The second-order valence-electron chi connectivity index (χ2n) is 7.14. The minimum absolute atomic E-state index is 0.0899. The third kappa shape index (κ3) is 4.83. The Labute approximate surface area is 188 Å². The first-order chi connectivity index (χ1) is 14.5. The molecule has 0 radical (unpaired) electrons. The molecule has 0 aliphatic carbocycles. The smallest absolute Gasteiger partial charge is 0.155 e. The zero-order chi connectivity index (χ0) is 21.7. The lowest BCUT2D eigenvalue weighted by Gasteiger charge is -2.34. The molecule has 0 unspecified atom stereocenters. The molecule has 0 N–H and O–H groups in total. The van der Waals surface area contributed by atoms with Gasteiger partial charge in [-0.25, -0.2) is 9.97 Å². The summed E-state index contributed by atoms with van der Waals surface area (Å²) in [5.74, 6) is 1.43. The van der Waals surface area contributed by atoms with Crippen molar-refractivity contribution in [2.45, 2.75) is 52.2 Å². The molecule has 1 aliphatic rings. The molecule has 164 valence electrons. The highest BCUT2D eigenvalue weighted by Gasteiger charge is 2.37. The van der Waals surface area contributed by atoms with Gasteiger partial charge in [0.15, 0.2) is 11.0 Å². The molecule has 8 heteroatoms. The van der Waals surface area contributed by atoms with Gasteiger partial charge >= 0.3 is 0 Å². The third-order valence-electron chi connectivity index (χ3n) is 5.15. The van der Waals surface area contributed by atoms with Gasteiger partial charge in [0.25, 0.3) is 0 Å². The molecule has 2 aromatic rings. The van der Waals surface area contributed by atoms with Crippen LogP contribution in [0.1, 0.15) is 38.6 Å². The second-order valence-corrected chi connectivity index (χ2v) is 7.91. The lowest BCUT2D eigenvalue weighted by atomic mass is 10.1. The van der Waals surface area contributed by atoms with Crippen LogP contribution < -0.4 is 9.64 Å². The Hall–Kier alpha value is -1.60. The van der Waals surface area contributed by atoms with Gasteiger partial charge < -0.3 is 19.1 Å². The average Bonchev–Trinajstić information content (AvgIpc) is 3.22. The van der Waals surface area contributed by atoms with Crippen LogP contribution >= 0.6 is 23.2 Å². The molecule has 30 heavy (non-hydrogen) atoms. The van der Waals surface area contributed by atoms with Crippen molar-refractivity contribution >= 4 is 34.7 Å². The van der Waals surface area contributed by atoms with Gasteiger partial charge in [0.05, 0.1) is 48.5 Å². The van der Waals surface area contributed by atoms with Crippen LogP contribution in [0.15, 0.2) is 18.2 Å². The number of aromatic nitrogens is 2. The number of benzene rings is 1. The quantitative estimate of drug-likeness (QED) is 0.516. The molecule has 0 spiro atoms.